The van der Waals surface area contributed by atoms with Gasteiger partial charge in [-0.25, -0.2) is 4.98 Å². The molecule has 0 aliphatic carbocycles. The summed E-state index contributed by atoms with van der Waals surface area (Å²) in [5.41, 5.74) is 3.05. The van der Waals surface area contributed by atoms with E-state index in [0.717, 1.165) is 46.2 Å². The van der Waals surface area contributed by atoms with Crippen LogP contribution in [0.1, 0.15) is 39.9 Å². The summed E-state index contributed by atoms with van der Waals surface area (Å²) in [5.74, 6) is 0.110. The monoisotopic (exact) mass is 343 g/mol. The van der Waals surface area contributed by atoms with E-state index in [0.29, 0.717) is 0 Å². The van der Waals surface area contributed by atoms with Crippen LogP contribution in [0.2, 0.25) is 0 Å². The van der Waals surface area contributed by atoms with Crippen molar-refractivity contribution in [3.05, 3.63) is 51.4 Å². The fraction of sp³-hybridized carbons (Fsp3) is 0.294. The molecule has 3 aromatic heterocycles. The molecular weight excluding hydrogens is 326 g/mol. The predicted molar refractivity (Wildman–Crippen MR) is 94.0 cm³/mol. The third kappa shape index (κ3) is 2.62. The summed E-state index contributed by atoms with van der Waals surface area (Å²) >= 11 is 3.15. The first kappa shape index (κ1) is 14.7. The van der Waals surface area contributed by atoms with Crippen molar-refractivity contribution in [2.75, 3.05) is 6.54 Å². The summed E-state index contributed by atoms with van der Waals surface area (Å²) in [6.07, 6.45) is 3.98. The van der Waals surface area contributed by atoms with Gasteiger partial charge < -0.3 is 9.88 Å². The van der Waals surface area contributed by atoms with E-state index in [9.17, 15) is 4.79 Å². The van der Waals surface area contributed by atoms with Crippen LogP contribution in [-0.2, 0) is 0 Å². The maximum absolute atomic E-state index is 13.0. The summed E-state index contributed by atoms with van der Waals surface area (Å²) in [7, 11) is 0. The van der Waals surface area contributed by atoms with Gasteiger partial charge in [-0.3, -0.25) is 4.79 Å². The maximum Gasteiger partial charge on any atom is 0.266 e. The molecule has 0 saturated carbocycles. The molecule has 1 atom stereocenters. The number of aromatic nitrogens is 2. The van der Waals surface area contributed by atoms with Crippen LogP contribution < -0.4 is 0 Å². The number of likely N-dealkylation sites (tertiary alicyclic amines) is 1. The van der Waals surface area contributed by atoms with E-state index in [-0.39, 0.29) is 11.9 Å². The molecule has 0 spiro atoms. The van der Waals surface area contributed by atoms with Crippen molar-refractivity contribution in [3.8, 4) is 10.6 Å². The van der Waals surface area contributed by atoms with Crippen LogP contribution in [0.25, 0.3) is 10.6 Å². The molecule has 1 fully saturated rings. The molecule has 118 valence electrons. The lowest BCUT2D eigenvalue weighted by atomic mass is 10.1. The van der Waals surface area contributed by atoms with E-state index >= 15 is 0 Å². The van der Waals surface area contributed by atoms with Gasteiger partial charge in [-0.05, 0) is 43.3 Å². The van der Waals surface area contributed by atoms with E-state index in [2.05, 4.69) is 27.5 Å². The number of hydrogen-bond acceptors (Lipinski definition) is 4. The van der Waals surface area contributed by atoms with Crippen LogP contribution >= 0.6 is 22.7 Å². The van der Waals surface area contributed by atoms with Crippen molar-refractivity contribution in [1.29, 1.82) is 0 Å². The first-order valence-corrected chi connectivity index (χ1v) is 9.44. The molecule has 1 aliphatic rings. The Morgan fingerprint density at radius 2 is 2.35 bits per heavy atom. The summed E-state index contributed by atoms with van der Waals surface area (Å²) in [6, 6.07) is 6.26. The van der Waals surface area contributed by atoms with Gasteiger partial charge in [0.1, 0.15) is 9.88 Å². The molecule has 3 aromatic rings. The highest BCUT2D eigenvalue weighted by atomic mass is 32.1. The predicted octanol–water partition coefficient (Wildman–Crippen LogP) is 4.49. The minimum atomic E-state index is 0.110. The van der Waals surface area contributed by atoms with Crippen LogP contribution in [0.4, 0.5) is 0 Å². The van der Waals surface area contributed by atoms with Gasteiger partial charge in [0.15, 0.2) is 0 Å². The maximum atomic E-state index is 13.0. The first-order valence-electron chi connectivity index (χ1n) is 7.68. The Morgan fingerprint density at radius 1 is 1.43 bits per heavy atom. The zero-order valence-electron chi connectivity index (χ0n) is 12.8. The Hall–Kier alpha value is -1.92. The van der Waals surface area contributed by atoms with Crippen molar-refractivity contribution < 1.29 is 4.79 Å². The summed E-state index contributed by atoms with van der Waals surface area (Å²) in [5, 5.41) is 5.04. The fourth-order valence-electron chi connectivity index (χ4n) is 3.12. The fourth-order valence-corrected chi connectivity index (χ4v) is 4.85. The number of H-pyrrole nitrogens is 1. The molecular formula is C17H17N3OS2. The third-order valence-electron chi connectivity index (χ3n) is 4.25. The molecule has 6 heteroatoms. The SMILES string of the molecule is Cc1nc(-c2ccsc2)sc1C(=O)N1CCC[C@@H]1c1ccc[nH]1. The zero-order chi connectivity index (χ0) is 15.8. The van der Waals surface area contributed by atoms with Crippen molar-refractivity contribution in [2.45, 2.75) is 25.8 Å². The smallest absolute Gasteiger partial charge is 0.266 e. The number of amides is 1. The molecule has 0 aromatic carbocycles. The largest absolute Gasteiger partial charge is 0.363 e. The minimum absolute atomic E-state index is 0.110. The van der Waals surface area contributed by atoms with Gasteiger partial charge in [0.25, 0.3) is 5.91 Å². The molecule has 1 amide bonds. The molecule has 4 nitrogen and oxygen atoms in total. The average molecular weight is 343 g/mol. The van der Waals surface area contributed by atoms with Gasteiger partial charge in [0.2, 0.25) is 0 Å². The Bertz CT molecular complexity index is 805. The Kier molecular flexibility index (Phi) is 3.79. The minimum Gasteiger partial charge on any atom is -0.363 e. The van der Waals surface area contributed by atoms with Crippen LogP contribution in [0.15, 0.2) is 35.2 Å². The Morgan fingerprint density at radius 3 is 3.09 bits per heavy atom. The van der Waals surface area contributed by atoms with Gasteiger partial charge in [-0.15, -0.1) is 11.3 Å². The van der Waals surface area contributed by atoms with Crippen molar-refractivity contribution in [3.63, 3.8) is 0 Å². The van der Waals surface area contributed by atoms with E-state index < -0.39 is 0 Å². The number of rotatable bonds is 3. The summed E-state index contributed by atoms with van der Waals surface area (Å²) < 4.78 is 0. The van der Waals surface area contributed by atoms with Gasteiger partial charge in [-0.2, -0.15) is 11.3 Å². The molecule has 1 saturated heterocycles. The van der Waals surface area contributed by atoms with Gasteiger partial charge >= 0.3 is 0 Å². The number of thiophene rings is 1. The second-order valence-electron chi connectivity index (χ2n) is 5.73. The van der Waals surface area contributed by atoms with Gasteiger partial charge in [0.05, 0.1) is 11.7 Å². The molecule has 4 rings (SSSR count). The first-order chi connectivity index (χ1) is 11.2. The topological polar surface area (TPSA) is 49.0 Å². The number of aryl methyl sites for hydroxylation is 1. The quantitative estimate of drug-likeness (QED) is 0.762. The highest BCUT2D eigenvalue weighted by Crippen LogP contribution is 2.35. The molecule has 0 unspecified atom stereocenters. The number of nitrogens with zero attached hydrogens (tertiary/aromatic N) is 2. The van der Waals surface area contributed by atoms with E-state index in [1.54, 1.807) is 11.3 Å². The molecule has 0 bridgehead atoms. The third-order valence-corrected chi connectivity index (χ3v) is 6.13. The van der Waals surface area contributed by atoms with Gasteiger partial charge in [0, 0.05) is 29.4 Å². The molecule has 0 radical (unpaired) electrons. The second kappa shape index (κ2) is 5.94. The van der Waals surface area contributed by atoms with E-state index in [1.165, 1.54) is 11.3 Å². The van der Waals surface area contributed by atoms with E-state index in [1.807, 2.05) is 29.5 Å². The highest BCUT2D eigenvalue weighted by Gasteiger charge is 2.33. The second-order valence-corrected chi connectivity index (χ2v) is 7.51. The Balaban J connectivity index is 1.64. The number of carbonyl (C=O) groups excluding carboxylic acids is 1. The standard InChI is InChI=1S/C17H17N3OS2/c1-11-15(23-16(19-11)12-6-9-22-10-12)17(21)20-8-3-5-14(20)13-4-2-7-18-13/h2,4,6-7,9-10,14,18H,3,5,8H2,1H3/t14-/m1/s1. The number of carbonyl (C=O) groups is 1. The lowest BCUT2D eigenvalue weighted by Gasteiger charge is -2.23. The average Bonchev–Trinajstić information content (AvgIpc) is 3.31. The summed E-state index contributed by atoms with van der Waals surface area (Å²) in [6.45, 7) is 2.74. The molecule has 1 N–H and O–H groups in total. The van der Waals surface area contributed by atoms with Crippen molar-refractivity contribution >= 4 is 28.6 Å². The molecule has 1 aliphatic heterocycles. The van der Waals surface area contributed by atoms with Crippen LogP contribution in [-0.4, -0.2) is 27.3 Å². The number of nitrogens with one attached hydrogen (secondary N) is 1. The van der Waals surface area contributed by atoms with Gasteiger partial charge in [-0.1, -0.05) is 0 Å². The van der Waals surface area contributed by atoms with Crippen molar-refractivity contribution in [2.24, 2.45) is 0 Å². The summed E-state index contributed by atoms with van der Waals surface area (Å²) in [4.78, 5) is 23.7. The zero-order valence-corrected chi connectivity index (χ0v) is 14.4. The lowest BCUT2D eigenvalue weighted by molar-refractivity contribution is 0.0737. The number of aromatic amines is 1. The Labute approximate surface area is 142 Å². The van der Waals surface area contributed by atoms with Crippen LogP contribution in [0.3, 0.4) is 0 Å². The van der Waals surface area contributed by atoms with E-state index in [4.69, 9.17) is 0 Å². The number of hydrogen-bond donors (Lipinski definition) is 1. The molecule has 4 heterocycles. The lowest BCUT2D eigenvalue weighted by Crippen LogP contribution is -2.30. The normalized spacial score (nSPS) is 17.8. The van der Waals surface area contributed by atoms with Crippen LogP contribution in [0, 0.1) is 6.92 Å². The highest BCUT2D eigenvalue weighted by molar-refractivity contribution is 7.17. The van der Waals surface area contributed by atoms with Crippen molar-refractivity contribution in [1.82, 2.24) is 14.9 Å². The number of thiazole rings is 1. The molecule has 23 heavy (non-hydrogen) atoms. The van der Waals surface area contributed by atoms with Crippen LogP contribution in [0.5, 0.6) is 0 Å².